The second-order valence-corrected chi connectivity index (χ2v) is 5.72. The largest absolute Gasteiger partial charge is 0.480 e. The predicted molar refractivity (Wildman–Crippen MR) is 73.3 cm³/mol. The van der Waals surface area contributed by atoms with Crippen molar-refractivity contribution < 1.29 is 14.7 Å². The number of benzene rings is 1. The molecule has 0 atom stereocenters. The number of carbonyl (C=O) groups is 2. The standard InChI is InChI=1S/C16H20O3/c1-10-7-11(2)13(12(3)8-10)9-14(17)16(15(18)19)5-4-6-16/h7-8H,4-6,9H2,1-3H3,(H,18,19). The number of hydrogen-bond donors (Lipinski definition) is 1. The normalized spacial score (nSPS) is 16.8. The van der Waals surface area contributed by atoms with Gasteiger partial charge in [-0.15, -0.1) is 0 Å². The molecule has 0 unspecified atom stereocenters. The smallest absolute Gasteiger partial charge is 0.317 e. The molecule has 0 heterocycles. The Hall–Kier alpha value is -1.64. The molecule has 0 radical (unpaired) electrons. The summed E-state index contributed by atoms with van der Waals surface area (Å²) in [5.41, 5.74) is 3.20. The van der Waals surface area contributed by atoms with E-state index in [1.54, 1.807) is 0 Å². The van der Waals surface area contributed by atoms with Crippen LogP contribution in [-0.2, 0) is 16.0 Å². The second-order valence-electron chi connectivity index (χ2n) is 5.72. The van der Waals surface area contributed by atoms with Crippen LogP contribution in [0.25, 0.3) is 0 Å². The van der Waals surface area contributed by atoms with Gasteiger partial charge >= 0.3 is 5.97 Å². The molecule has 0 saturated heterocycles. The van der Waals surface area contributed by atoms with Crippen LogP contribution in [-0.4, -0.2) is 16.9 Å². The molecule has 0 spiro atoms. The topological polar surface area (TPSA) is 54.4 Å². The van der Waals surface area contributed by atoms with Crippen molar-refractivity contribution >= 4 is 11.8 Å². The van der Waals surface area contributed by atoms with Crippen LogP contribution < -0.4 is 0 Å². The molecule has 0 aromatic heterocycles. The molecule has 1 aliphatic carbocycles. The van der Waals surface area contributed by atoms with Gasteiger partial charge in [0.25, 0.3) is 0 Å². The zero-order valence-electron chi connectivity index (χ0n) is 11.7. The fourth-order valence-corrected chi connectivity index (χ4v) is 2.96. The van der Waals surface area contributed by atoms with Crippen molar-refractivity contribution in [1.82, 2.24) is 0 Å². The number of rotatable bonds is 4. The van der Waals surface area contributed by atoms with E-state index in [2.05, 4.69) is 0 Å². The van der Waals surface area contributed by atoms with Gasteiger partial charge in [-0.25, -0.2) is 0 Å². The minimum absolute atomic E-state index is 0.138. The quantitative estimate of drug-likeness (QED) is 0.847. The summed E-state index contributed by atoms with van der Waals surface area (Å²) in [7, 11) is 0. The molecule has 3 heteroatoms. The van der Waals surface area contributed by atoms with E-state index in [-0.39, 0.29) is 12.2 Å². The lowest BCUT2D eigenvalue weighted by Gasteiger charge is -2.36. The summed E-state index contributed by atoms with van der Waals surface area (Å²) in [5.74, 6) is -1.09. The van der Waals surface area contributed by atoms with Gasteiger partial charge in [0.05, 0.1) is 0 Å². The lowest BCUT2D eigenvalue weighted by molar-refractivity contribution is -0.160. The summed E-state index contributed by atoms with van der Waals surface area (Å²) in [6, 6.07) is 4.09. The van der Waals surface area contributed by atoms with Crippen LogP contribution in [0.1, 0.15) is 41.5 Å². The molecular weight excluding hydrogens is 240 g/mol. The maximum atomic E-state index is 12.4. The maximum absolute atomic E-state index is 12.4. The van der Waals surface area contributed by atoms with E-state index in [4.69, 9.17) is 0 Å². The Balaban J connectivity index is 2.27. The highest BCUT2D eigenvalue weighted by atomic mass is 16.4. The summed E-state index contributed by atoms with van der Waals surface area (Å²) in [4.78, 5) is 23.7. The van der Waals surface area contributed by atoms with Gasteiger partial charge in [0.15, 0.2) is 5.78 Å². The molecule has 1 fully saturated rings. The van der Waals surface area contributed by atoms with Gasteiger partial charge in [0, 0.05) is 6.42 Å². The van der Waals surface area contributed by atoms with Crippen LogP contribution in [0, 0.1) is 26.2 Å². The Morgan fingerprint density at radius 3 is 2.05 bits per heavy atom. The first-order valence-corrected chi connectivity index (χ1v) is 6.70. The van der Waals surface area contributed by atoms with Crippen molar-refractivity contribution in [3.63, 3.8) is 0 Å². The van der Waals surface area contributed by atoms with E-state index in [0.717, 1.165) is 23.1 Å². The summed E-state index contributed by atoms with van der Waals surface area (Å²) < 4.78 is 0. The van der Waals surface area contributed by atoms with E-state index in [1.807, 2.05) is 32.9 Å². The van der Waals surface area contributed by atoms with Gasteiger partial charge in [-0.05, 0) is 50.3 Å². The number of aliphatic carboxylic acids is 1. The van der Waals surface area contributed by atoms with E-state index in [0.29, 0.717) is 12.8 Å². The van der Waals surface area contributed by atoms with Crippen LogP contribution >= 0.6 is 0 Å². The summed E-state index contributed by atoms with van der Waals surface area (Å²) in [5, 5.41) is 9.29. The van der Waals surface area contributed by atoms with E-state index < -0.39 is 11.4 Å². The summed E-state index contributed by atoms with van der Waals surface area (Å²) >= 11 is 0. The predicted octanol–water partition coefficient (Wildman–Crippen LogP) is 2.98. The highest BCUT2D eigenvalue weighted by Crippen LogP contribution is 2.43. The Morgan fingerprint density at radius 2 is 1.68 bits per heavy atom. The Morgan fingerprint density at radius 1 is 1.16 bits per heavy atom. The third-order valence-electron chi connectivity index (χ3n) is 4.33. The third kappa shape index (κ3) is 2.29. The average molecular weight is 260 g/mol. The molecule has 1 aromatic rings. The highest BCUT2D eigenvalue weighted by molar-refractivity contribution is 6.04. The molecule has 0 amide bonds. The minimum atomic E-state index is -1.11. The van der Waals surface area contributed by atoms with Crippen molar-refractivity contribution in [2.45, 2.75) is 46.5 Å². The van der Waals surface area contributed by atoms with Gasteiger partial charge in [-0.1, -0.05) is 24.1 Å². The molecule has 1 saturated carbocycles. The SMILES string of the molecule is Cc1cc(C)c(CC(=O)C2(C(=O)O)CCC2)c(C)c1. The Bertz CT molecular complexity index is 516. The van der Waals surface area contributed by atoms with Crippen LogP contribution in [0.5, 0.6) is 0 Å². The van der Waals surface area contributed by atoms with Gasteiger partial charge in [-0.3, -0.25) is 9.59 Å². The number of carboxylic acid groups (broad SMARTS) is 1. The van der Waals surface area contributed by atoms with Crippen LogP contribution in [0.4, 0.5) is 0 Å². The molecule has 0 bridgehead atoms. The number of aryl methyl sites for hydroxylation is 3. The van der Waals surface area contributed by atoms with Crippen molar-refractivity contribution in [3.05, 3.63) is 34.4 Å². The Kier molecular flexibility index (Phi) is 3.48. The van der Waals surface area contributed by atoms with Gasteiger partial charge < -0.3 is 5.11 Å². The van der Waals surface area contributed by atoms with Crippen LogP contribution in [0.3, 0.4) is 0 Å². The summed E-state index contributed by atoms with van der Waals surface area (Å²) in [6.07, 6.45) is 2.06. The molecule has 2 rings (SSSR count). The first kappa shape index (κ1) is 13.8. The minimum Gasteiger partial charge on any atom is -0.480 e. The Labute approximate surface area is 113 Å². The van der Waals surface area contributed by atoms with Gasteiger partial charge in [0.1, 0.15) is 5.41 Å². The third-order valence-corrected chi connectivity index (χ3v) is 4.33. The van der Waals surface area contributed by atoms with Crippen molar-refractivity contribution in [2.24, 2.45) is 5.41 Å². The first-order chi connectivity index (χ1) is 8.86. The molecule has 102 valence electrons. The molecule has 1 aliphatic rings. The van der Waals surface area contributed by atoms with Crippen molar-refractivity contribution in [3.8, 4) is 0 Å². The maximum Gasteiger partial charge on any atom is 0.317 e. The van der Waals surface area contributed by atoms with E-state index in [1.165, 1.54) is 5.56 Å². The fraction of sp³-hybridized carbons (Fsp3) is 0.500. The number of ketones is 1. The number of hydrogen-bond acceptors (Lipinski definition) is 2. The summed E-state index contributed by atoms with van der Waals surface area (Å²) in [6.45, 7) is 5.99. The van der Waals surface area contributed by atoms with Gasteiger partial charge in [-0.2, -0.15) is 0 Å². The molecule has 0 aliphatic heterocycles. The monoisotopic (exact) mass is 260 g/mol. The average Bonchev–Trinajstić information content (AvgIpc) is 2.20. The molecule has 1 N–H and O–H groups in total. The lowest BCUT2D eigenvalue weighted by atomic mass is 9.64. The second kappa shape index (κ2) is 4.80. The van der Waals surface area contributed by atoms with Crippen molar-refractivity contribution in [2.75, 3.05) is 0 Å². The van der Waals surface area contributed by atoms with Crippen LogP contribution in [0.2, 0.25) is 0 Å². The highest BCUT2D eigenvalue weighted by Gasteiger charge is 2.50. The van der Waals surface area contributed by atoms with Gasteiger partial charge in [0.2, 0.25) is 0 Å². The zero-order valence-corrected chi connectivity index (χ0v) is 11.7. The van der Waals surface area contributed by atoms with Crippen molar-refractivity contribution in [1.29, 1.82) is 0 Å². The molecule has 19 heavy (non-hydrogen) atoms. The van der Waals surface area contributed by atoms with E-state index in [9.17, 15) is 14.7 Å². The van der Waals surface area contributed by atoms with Crippen LogP contribution in [0.15, 0.2) is 12.1 Å². The molecule has 1 aromatic carbocycles. The number of carbonyl (C=O) groups excluding carboxylic acids is 1. The molecule has 3 nitrogen and oxygen atoms in total. The molecular formula is C16H20O3. The lowest BCUT2D eigenvalue weighted by Crippen LogP contribution is -2.46. The first-order valence-electron chi connectivity index (χ1n) is 6.70. The number of carboxylic acids is 1. The zero-order chi connectivity index (χ0) is 14.2. The number of Topliss-reactive ketones (excluding diaryl/α,β-unsaturated/α-hetero) is 1. The fourth-order valence-electron chi connectivity index (χ4n) is 2.96. The van der Waals surface area contributed by atoms with E-state index >= 15 is 0 Å².